The molecular formula is C16H15F3N2O2. The quantitative estimate of drug-likeness (QED) is 0.943. The molecule has 1 heterocycles. The van der Waals surface area contributed by atoms with Gasteiger partial charge >= 0.3 is 6.18 Å². The van der Waals surface area contributed by atoms with E-state index in [-0.39, 0.29) is 24.3 Å². The third kappa shape index (κ3) is 2.84. The van der Waals surface area contributed by atoms with Crippen LogP contribution in [0.5, 0.6) is 5.75 Å². The first-order chi connectivity index (χ1) is 10.9. The van der Waals surface area contributed by atoms with Crippen molar-refractivity contribution in [3.8, 4) is 5.75 Å². The van der Waals surface area contributed by atoms with Gasteiger partial charge in [-0.1, -0.05) is 30.3 Å². The van der Waals surface area contributed by atoms with Gasteiger partial charge in [-0.25, -0.2) is 5.01 Å². The number of nitrogens with one attached hydrogen (secondary N) is 1. The number of hydrogen-bond donors (Lipinski definition) is 1. The van der Waals surface area contributed by atoms with Crippen molar-refractivity contribution >= 4 is 16.7 Å². The van der Waals surface area contributed by atoms with Gasteiger partial charge in [-0.3, -0.25) is 10.2 Å². The molecule has 0 bridgehead atoms. The number of fused-ring (bicyclic) bond motifs is 1. The van der Waals surface area contributed by atoms with E-state index >= 15 is 0 Å². The molecule has 1 fully saturated rings. The highest BCUT2D eigenvalue weighted by molar-refractivity contribution is 5.88. The highest BCUT2D eigenvalue weighted by Gasteiger charge is 2.48. The van der Waals surface area contributed by atoms with E-state index in [4.69, 9.17) is 4.74 Å². The van der Waals surface area contributed by atoms with Crippen LogP contribution in [0, 0.1) is 0 Å². The van der Waals surface area contributed by atoms with Crippen LogP contribution in [0.15, 0.2) is 36.4 Å². The number of carbonyl (C=O) groups excluding carboxylic acids is 1. The molecule has 1 N–H and O–H groups in total. The molecule has 4 nitrogen and oxygen atoms in total. The van der Waals surface area contributed by atoms with Crippen molar-refractivity contribution in [3.63, 3.8) is 0 Å². The lowest BCUT2D eigenvalue weighted by Gasteiger charge is -2.31. The van der Waals surface area contributed by atoms with Crippen LogP contribution in [0.1, 0.15) is 18.0 Å². The van der Waals surface area contributed by atoms with E-state index in [1.165, 1.54) is 13.2 Å². The summed E-state index contributed by atoms with van der Waals surface area (Å²) in [5.74, 6) is -0.273. The zero-order chi connectivity index (χ0) is 16.6. The second kappa shape index (κ2) is 5.73. The van der Waals surface area contributed by atoms with E-state index in [9.17, 15) is 18.0 Å². The molecule has 1 unspecified atom stereocenters. The molecule has 7 heteroatoms. The van der Waals surface area contributed by atoms with Crippen LogP contribution < -0.4 is 10.2 Å². The fourth-order valence-electron chi connectivity index (χ4n) is 2.92. The number of hydrogen-bond acceptors (Lipinski definition) is 3. The van der Waals surface area contributed by atoms with Crippen molar-refractivity contribution in [1.29, 1.82) is 0 Å². The highest BCUT2D eigenvalue weighted by atomic mass is 19.4. The molecular weight excluding hydrogens is 309 g/mol. The highest BCUT2D eigenvalue weighted by Crippen LogP contribution is 2.44. The number of amides is 1. The Hall–Kier alpha value is -2.28. The molecule has 0 aromatic heterocycles. The van der Waals surface area contributed by atoms with Gasteiger partial charge < -0.3 is 4.74 Å². The number of benzene rings is 2. The Bertz CT molecular complexity index is 746. The molecule has 122 valence electrons. The summed E-state index contributed by atoms with van der Waals surface area (Å²) in [5.41, 5.74) is 2.31. The predicted molar refractivity (Wildman–Crippen MR) is 78.8 cm³/mol. The number of alkyl halides is 3. The summed E-state index contributed by atoms with van der Waals surface area (Å²) in [5, 5.41) is 2.07. The Balaban J connectivity index is 2.23. The molecule has 3 rings (SSSR count). The maximum Gasteiger partial charge on any atom is 0.410 e. The van der Waals surface area contributed by atoms with Crippen molar-refractivity contribution in [2.45, 2.75) is 18.6 Å². The molecule has 2 aromatic carbocycles. The molecule has 1 amide bonds. The fourth-order valence-corrected chi connectivity index (χ4v) is 2.92. The topological polar surface area (TPSA) is 41.6 Å². The normalized spacial score (nSPS) is 17.3. The standard InChI is InChI=1S/C16H15F3N2O2/c1-23-12-7-6-10-4-2-3-5-11(10)14(12)15(16(17,18)19)21-9-8-13(22)20-21/h2-7,15H,8-9H2,1H3,(H,20,22). The number of ether oxygens (including phenoxy) is 1. The third-order valence-corrected chi connectivity index (χ3v) is 3.89. The van der Waals surface area contributed by atoms with E-state index in [1.807, 2.05) is 0 Å². The summed E-state index contributed by atoms with van der Waals surface area (Å²) >= 11 is 0. The van der Waals surface area contributed by atoms with Crippen LogP contribution in [-0.2, 0) is 4.79 Å². The minimum absolute atomic E-state index is 0.00458. The first kappa shape index (κ1) is 15.6. The zero-order valence-electron chi connectivity index (χ0n) is 12.4. The number of hydrazine groups is 1. The fraction of sp³-hybridized carbons (Fsp3) is 0.312. The summed E-state index contributed by atoms with van der Waals surface area (Å²) in [7, 11) is 1.34. The summed E-state index contributed by atoms with van der Waals surface area (Å²) in [6, 6.07) is 8.09. The van der Waals surface area contributed by atoms with Gasteiger partial charge in [-0.05, 0) is 16.8 Å². The molecule has 1 aliphatic heterocycles. The van der Waals surface area contributed by atoms with Crippen molar-refractivity contribution in [2.75, 3.05) is 13.7 Å². The first-order valence-corrected chi connectivity index (χ1v) is 7.10. The van der Waals surface area contributed by atoms with Gasteiger partial charge in [0.2, 0.25) is 5.91 Å². The van der Waals surface area contributed by atoms with Crippen LogP contribution in [0.2, 0.25) is 0 Å². The van der Waals surface area contributed by atoms with E-state index in [0.717, 1.165) is 5.01 Å². The summed E-state index contributed by atoms with van der Waals surface area (Å²) in [4.78, 5) is 11.4. The van der Waals surface area contributed by atoms with E-state index in [2.05, 4.69) is 5.43 Å². The van der Waals surface area contributed by atoms with Gasteiger partial charge in [0.1, 0.15) is 5.75 Å². The van der Waals surface area contributed by atoms with Crippen LogP contribution in [0.25, 0.3) is 10.8 Å². The van der Waals surface area contributed by atoms with Crippen molar-refractivity contribution in [3.05, 3.63) is 42.0 Å². The number of methoxy groups -OCH3 is 1. The van der Waals surface area contributed by atoms with Crippen molar-refractivity contribution in [1.82, 2.24) is 10.4 Å². The lowest BCUT2D eigenvalue weighted by molar-refractivity contribution is -0.190. The molecule has 1 atom stereocenters. The maximum absolute atomic E-state index is 13.8. The molecule has 23 heavy (non-hydrogen) atoms. The Morgan fingerprint density at radius 2 is 1.96 bits per heavy atom. The lowest BCUT2D eigenvalue weighted by atomic mass is 9.96. The van der Waals surface area contributed by atoms with Gasteiger partial charge in [0.25, 0.3) is 0 Å². The van der Waals surface area contributed by atoms with Crippen molar-refractivity contribution in [2.24, 2.45) is 0 Å². The molecule has 0 aliphatic carbocycles. The summed E-state index contributed by atoms with van der Waals surface area (Å²) in [6.07, 6.45) is -4.52. The smallest absolute Gasteiger partial charge is 0.410 e. The Kier molecular flexibility index (Phi) is 3.89. The third-order valence-electron chi connectivity index (χ3n) is 3.89. The van der Waals surface area contributed by atoms with Gasteiger partial charge in [0.15, 0.2) is 6.04 Å². The van der Waals surface area contributed by atoms with E-state index in [1.54, 1.807) is 30.3 Å². The van der Waals surface area contributed by atoms with Gasteiger partial charge in [0.05, 0.1) is 7.11 Å². The molecule has 0 spiro atoms. The second-order valence-electron chi connectivity index (χ2n) is 5.33. The van der Waals surface area contributed by atoms with Crippen molar-refractivity contribution < 1.29 is 22.7 Å². The van der Waals surface area contributed by atoms with Crippen LogP contribution in [0.3, 0.4) is 0 Å². The maximum atomic E-state index is 13.8. The second-order valence-corrected chi connectivity index (χ2v) is 5.33. The average molecular weight is 324 g/mol. The van der Waals surface area contributed by atoms with Crippen LogP contribution >= 0.6 is 0 Å². The largest absolute Gasteiger partial charge is 0.496 e. The molecule has 2 aromatic rings. The van der Waals surface area contributed by atoms with Gasteiger partial charge in [-0.15, -0.1) is 0 Å². The van der Waals surface area contributed by atoms with E-state index in [0.29, 0.717) is 10.8 Å². The lowest BCUT2D eigenvalue weighted by Crippen LogP contribution is -2.43. The Labute approximate surface area is 130 Å². The van der Waals surface area contributed by atoms with Gasteiger partial charge in [-0.2, -0.15) is 13.2 Å². The predicted octanol–water partition coefficient (Wildman–Crippen LogP) is 3.19. The molecule has 0 saturated carbocycles. The zero-order valence-corrected chi connectivity index (χ0v) is 12.4. The van der Waals surface area contributed by atoms with Crippen LogP contribution in [-0.4, -0.2) is 30.7 Å². The summed E-state index contributed by atoms with van der Waals surface area (Å²) in [6.45, 7) is -0.00458. The Morgan fingerprint density at radius 1 is 1.22 bits per heavy atom. The van der Waals surface area contributed by atoms with E-state index < -0.39 is 18.1 Å². The average Bonchev–Trinajstić information content (AvgIpc) is 2.92. The van der Waals surface area contributed by atoms with Gasteiger partial charge in [0, 0.05) is 18.5 Å². The molecule has 1 aliphatic rings. The summed E-state index contributed by atoms with van der Waals surface area (Å²) < 4.78 is 46.5. The Morgan fingerprint density at radius 3 is 2.57 bits per heavy atom. The van der Waals surface area contributed by atoms with Crippen LogP contribution in [0.4, 0.5) is 13.2 Å². The SMILES string of the molecule is COc1ccc2ccccc2c1C(N1CCC(=O)N1)C(F)(F)F. The molecule has 0 radical (unpaired) electrons. The first-order valence-electron chi connectivity index (χ1n) is 7.10. The molecule has 1 saturated heterocycles. The number of nitrogens with zero attached hydrogens (tertiary/aromatic N) is 1. The number of rotatable bonds is 3. The number of carbonyl (C=O) groups is 1. The minimum atomic E-state index is -4.56. The minimum Gasteiger partial charge on any atom is -0.496 e. The number of halogens is 3. The monoisotopic (exact) mass is 324 g/mol.